The fourth-order valence-corrected chi connectivity index (χ4v) is 6.07. The van der Waals surface area contributed by atoms with E-state index in [0.29, 0.717) is 74.0 Å². The molecule has 0 bridgehead atoms. The molecule has 3 aromatic rings. The number of carbonyl (C=O) groups excluding carboxylic acids is 2. The van der Waals surface area contributed by atoms with Gasteiger partial charge >= 0.3 is 6.03 Å². The highest BCUT2D eigenvalue weighted by molar-refractivity contribution is 7.08. The lowest BCUT2D eigenvalue weighted by Gasteiger charge is -2.33. The predicted molar refractivity (Wildman–Crippen MR) is 152 cm³/mol. The van der Waals surface area contributed by atoms with Gasteiger partial charge in [0.05, 0.1) is 24.5 Å². The van der Waals surface area contributed by atoms with E-state index in [0.717, 1.165) is 5.56 Å². The van der Waals surface area contributed by atoms with Crippen molar-refractivity contribution in [1.82, 2.24) is 19.6 Å². The van der Waals surface area contributed by atoms with Gasteiger partial charge in [-0.15, -0.1) is 0 Å². The van der Waals surface area contributed by atoms with Crippen LogP contribution in [0.15, 0.2) is 41.1 Å². The number of nitriles is 1. The summed E-state index contributed by atoms with van der Waals surface area (Å²) in [6, 6.07) is 11.1. The van der Waals surface area contributed by atoms with Gasteiger partial charge in [-0.25, -0.2) is 4.79 Å². The summed E-state index contributed by atoms with van der Waals surface area (Å²) in [6.07, 6.45) is 0.644. The zero-order valence-corrected chi connectivity index (χ0v) is 23.4. The molecule has 40 heavy (non-hydrogen) atoms. The van der Waals surface area contributed by atoms with Gasteiger partial charge in [0.15, 0.2) is 5.82 Å². The molecule has 12 heteroatoms. The lowest BCUT2D eigenvalue weighted by molar-refractivity contribution is 0.0425. The molecule has 1 aromatic carbocycles. The number of amides is 2. The highest BCUT2D eigenvalue weighted by Gasteiger charge is 2.41. The van der Waals surface area contributed by atoms with Crippen molar-refractivity contribution >= 4 is 34.9 Å². The van der Waals surface area contributed by atoms with Crippen molar-refractivity contribution in [2.45, 2.75) is 31.8 Å². The third-order valence-electron chi connectivity index (χ3n) is 7.64. The molecule has 5 rings (SSSR count). The maximum absolute atomic E-state index is 13.6. The Hall–Kier alpha value is -4.21. The lowest BCUT2D eigenvalue weighted by Crippen LogP contribution is -2.49. The van der Waals surface area contributed by atoms with Crippen LogP contribution in [0, 0.1) is 16.7 Å². The summed E-state index contributed by atoms with van der Waals surface area (Å²) in [7, 11) is 1.82. The molecular weight excluding hydrogens is 528 g/mol. The monoisotopic (exact) mass is 560 g/mol. The number of hydrogen-bond acceptors (Lipinski definition) is 8. The van der Waals surface area contributed by atoms with Crippen molar-refractivity contribution < 1.29 is 14.3 Å². The summed E-state index contributed by atoms with van der Waals surface area (Å²) < 4.78 is 6.73. The number of hydrogen-bond donors (Lipinski definition) is 2. The lowest BCUT2D eigenvalue weighted by atomic mass is 9.95. The highest BCUT2D eigenvalue weighted by atomic mass is 32.1. The van der Waals surface area contributed by atoms with E-state index in [2.05, 4.69) is 6.07 Å². The number of amidine groups is 1. The number of nitrogens with one attached hydrogen (secondary N) is 1. The van der Waals surface area contributed by atoms with E-state index < -0.39 is 0 Å². The van der Waals surface area contributed by atoms with E-state index in [9.17, 15) is 14.9 Å². The van der Waals surface area contributed by atoms with Crippen molar-refractivity contribution in [2.75, 3.05) is 44.8 Å². The Bertz CT molecular complexity index is 1440. The number of nitrogen functional groups attached to an aromatic ring is 1. The van der Waals surface area contributed by atoms with E-state index in [1.165, 1.54) is 16.0 Å². The Morgan fingerprint density at radius 2 is 1.93 bits per heavy atom. The van der Waals surface area contributed by atoms with Crippen molar-refractivity contribution in [1.29, 1.82) is 10.7 Å². The van der Waals surface area contributed by atoms with Gasteiger partial charge in [0.2, 0.25) is 0 Å². The number of anilines is 1. The molecule has 2 atom stereocenters. The molecule has 2 fully saturated rings. The molecule has 2 aliphatic heterocycles. The second-order valence-corrected chi connectivity index (χ2v) is 10.9. The number of rotatable bonds is 6. The predicted octanol–water partition coefficient (Wildman–Crippen LogP) is 3.06. The van der Waals surface area contributed by atoms with Crippen molar-refractivity contribution in [3.63, 3.8) is 0 Å². The second-order valence-electron chi connectivity index (χ2n) is 10.1. The smallest absolute Gasteiger partial charge is 0.320 e. The average molecular weight is 561 g/mol. The van der Waals surface area contributed by atoms with Crippen LogP contribution in [0.5, 0.6) is 0 Å². The topological polar surface area (TPSA) is 145 Å². The van der Waals surface area contributed by atoms with Crippen molar-refractivity contribution in [3.05, 3.63) is 69.0 Å². The number of nitrogens with zero attached hydrogens (tertiary/aromatic N) is 6. The molecule has 3 N–H and O–H groups in total. The van der Waals surface area contributed by atoms with Crippen LogP contribution in [0.2, 0.25) is 0 Å². The molecule has 0 saturated carbocycles. The first kappa shape index (κ1) is 27.4. The van der Waals surface area contributed by atoms with E-state index in [1.54, 1.807) is 23.6 Å². The first-order valence-electron chi connectivity index (χ1n) is 13.2. The molecule has 11 nitrogen and oxygen atoms in total. The Morgan fingerprint density at radius 3 is 2.55 bits per heavy atom. The van der Waals surface area contributed by atoms with Crippen LogP contribution in [0.25, 0.3) is 0 Å². The number of thiophene rings is 1. The zero-order valence-electron chi connectivity index (χ0n) is 22.5. The summed E-state index contributed by atoms with van der Waals surface area (Å²) in [5.74, 6) is -0.111. The minimum Gasteiger partial charge on any atom is -0.384 e. The number of urea groups is 1. The maximum Gasteiger partial charge on any atom is 0.320 e. The number of carbonyl (C=O) groups is 2. The zero-order chi connectivity index (χ0) is 28.4. The molecule has 0 aliphatic carbocycles. The van der Waals surface area contributed by atoms with Gasteiger partial charge in [-0.2, -0.15) is 26.4 Å². The number of nitrogens with two attached hydrogens (primary N) is 1. The third-order valence-corrected chi connectivity index (χ3v) is 8.32. The molecule has 2 aromatic heterocycles. The molecule has 2 amide bonds. The number of morpholine rings is 1. The summed E-state index contributed by atoms with van der Waals surface area (Å²) in [4.78, 5) is 32.4. The van der Waals surface area contributed by atoms with E-state index in [-0.39, 0.29) is 29.7 Å². The van der Waals surface area contributed by atoms with E-state index in [4.69, 9.17) is 21.0 Å². The van der Waals surface area contributed by atoms with E-state index in [1.807, 2.05) is 46.2 Å². The van der Waals surface area contributed by atoms with Crippen LogP contribution in [-0.2, 0) is 11.3 Å². The van der Waals surface area contributed by atoms with Gasteiger partial charge in [0, 0.05) is 56.1 Å². The van der Waals surface area contributed by atoms with Gasteiger partial charge in [-0.1, -0.05) is 24.3 Å². The summed E-state index contributed by atoms with van der Waals surface area (Å²) in [5, 5.41) is 26.4. The summed E-state index contributed by atoms with van der Waals surface area (Å²) in [6.45, 7) is 5.10. The molecule has 0 spiro atoms. The summed E-state index contributed by atoms with van der Waals surface area (Å²) >= 11 is 1.42. The number of benzene rings is 1. The van der Waals surface area contributed by atoms with Gasteiger partial charge in [0.25, 0.3) is 5.91 Å². The first-order chi connectivity index (χ1) is 19.3. The Kier molecular flexibility index (Phi) is 7.86. The molecule has 4 heterocycles. The van der Waals surface area contributed by atoms with E-state index >= 15 is 0 Å². The SMILES string of the molecule is CC1C(c2nn(C(=O)c3ccsc3)c(N(C)Cc3ccc(C(=N)N)cc3)c2C#N)CCN1C(=O)N1CCOCC1. The molecule has 0 radical (unpaired) electrons. The van der Waals surface area contributed by atoms with Gasteiger partial charge in [-0.05, 0) is 30.4 Å². The average Bonchev–Trinajstić information content (AvgIpc) is 3.72. The molecule has 2 saturated heterocycles. The van der Waals surface area contributed by atoms with Gasteiger partial charge < -0.3 is 25.2 Å². The molecule has 2 aliphatic rings. The number of ether oxygens (including phenoxy) is 1. The molecular formula is C28H32N8O3S. The highest BCUT2D eigenvalue weighted by Crippen LogP contribution is 2.38. The minimum atomic E-state index is -0.315. The summed E-state index contributed by atoms with van der Waals surface area (Å²) in [5.41, 5.74) is 8.50. The normalized spacial score (nSPS) is 18.9. The third kappa shape index (κ3) is 5.17. The molecule has 2 unspecified atom stereocenters. The first-order valence-corrected chi connectivity index (χ1v) is 14.1. The van der Waals surface area contributed by atoms with Crippen LogP contribution < -0.4 is 10.6 Å². The Labute approximate surface area is 236 Å². The van der Waals surface area contributed by atoms with Crippen LogP contribution in [0.1, 0.15) is 52.0 Å². The fourth-order valence-electron chi connectivity index (χ4n) is 5.44. The fraction of sp³-hybridized carbons (Fsp3) is 0.393. The van der Waals surface area contributed by atoms with Gasteiger partial charge in [0.1, 0.15) is 17.5 Å². The number of likely N-dealkylation sites (tertiary alicyclic amines) is 1. The van der Waals surface area contributed by atoms with Crippen molar-refractivity contribution in [2.24, 2.45) is 5.73 Å². The van der Waals surface area contributed by atoms with Gasteiger partial charge in [-0.3, -0.25) is 10.2 Å². The van der Waals surface area contributed by atoms with Crippen LogP contribution in [-0.4, -0.2) is 83.3 Å². The minimum absolute atomic E-state index is 0.0115. The largest absolute Gasteiger partial charge is 0.384 e. The van der Waals surface area contributed by atoms with Crippen LogP contribution >= 0.6 is 11.3 Å². The molecule has 208 valence electrons. The van der Waals surface area contributed by atoms with Crippen LogP contribution in [0.3, 0.4) is 0 Å². The van der Waals surface area contributed by atoms with Crippen LogP contribution in [0.4, 0.5) is 10.6 Å². The second kappa shape index (κ2) is 11.5. The van der Waals surface area contributed by atoms with Crippen molar-refractivity contribution in [3.8, 4) is 6.07 Å². The Morgan fingerprint density at radius 1 is 1.20 bits per heavy atom. The number of aromatic nitrogens is 2. The standard InChI is InChI=1S/C28H32N8O3S/c1-18-22(7-9-35(18)28(38)34-10-12-39-13-11-34)24-23(15-29)26(36(32-24)27(37)21-8-14-40-17-21)33(2)16-19-3-5-20(6-4-19)25(30)31/h3-6,8,14,17-18,22H,7,9-13,16H2,1-2H3,(H3,30,31). The Balaban J connectivity index is 1.49. The quantitative estimate of drug-likeness (QED) is 0.348. The maximum atomic E-state index is 13.6.